The lowest BCUT2D eigenvalue weighted by molar-refractivity contribution is 0.178. The smallest absolute Gasteiger partial charge is 0.243 e. The molecule has 1 N–H and O–H groups in total. The fraction of sp³-hybridized carbons (Fsp3) is 0.600. The normalized spacial score (nSPS) is 16.4. The van der Waals surface area contributed by atoms with E-state index in [-0.39, 0.29) is 19.2 Å². The van der Waals surface area contributed by atoms with Gasteiger partial charge in [-0.2, -0.15) is 4.31 Å². The Kier molecular flexibility index (Phi) is 4.52. The first kappa shape index (κ1) is 15.5. The molecule has 1 aliphatic carbocycles. The Morgan fingerprint density at radius 3 is 2.15 bits per heavy atom. The van der Waals surface area contributed by atoms with Crippen molar-refractivity contribution in [3.63, 3.8) is 0 Å². The van der Waals surface area contributed by atoms with Crippen LogP contribution >= 0.6 is 0 Å². The summed E-state index contributed by atoms with van der Waals surface area (Å²) in [5.74, 6) is 0. The minimum absolute atomic E-state index is 0.0484. The van der Waals surface area contributed by atoms with Gasteiger partial charge in [-0.25, -0.2) is 8.42 Å². The summed E-state index contributed by atoms with van der Waals surface area (Å²) in [6.45, 7) is 5.68. The van der Waals surface area contributed by atoms with Crippen molar-refractivity contribution in [3.8, 4) is 0 Å². The van der Waals surface area contributed by atoms with Crippen molar-refractivity contribution >= 4 is 10.0 Å². The highest BCUT2D eigenvalue weighted by molar-refractivity contribution is 7.89. The Labute approximate surface area is 121 Å². The Morgan fingerprint density at radius 2 is 1.75 bits per heavy atom. The zero-order valence-corrected chi connectivity index (χ0v) is 13.2. The van der Waals surface area contributed by atoms with E-state index in [9.17, 15) is 13.5 Å². The third-order valence-electron chi connectivity index (χ3n) is 3.97. The number of sulfonamides is 1. The van der Waals surface area contributed by atoms with Crippen LogP contribution < -0.4 is 0 Å². The van der Waals surface area contributed by atoms with E-state index in [0.717, 1.165) is 36.0 Å². The van der Waals surface area contributed by atoms with Crippen LogP contribution in [0, 0.1) is 20.8 Å². The molecule has 112 valence electrons. The zero-order valence-electron chi connectivity index (χ0n) is 12.4. The maximum atomic E-state index is 12.9. The van der Waals surface area contributed by atoms with Crippen LogP contribution in [0.1, 0.15) is 36.0 Å². The Hall–Kier alpha value is -0.910. The summed E-state index contributed by atoms with van der Waals surface area (Å²) in [5.41, 5.74) is 2.63. The molecule has 1 aromatic carbocycles. The Balaban J connectivity index is 2.47. The molecule has 5 heteroatoms. The van der Waals surface area contributed by atoms with Gasteiger partial charge in [-0.1, -0.05) is 24.1 Å². The molecule has 1 aliphatic rings. The van der Waals surface area contributed by atoms with E-state index in [2.05, 4.69) is 0 Å². The molecule has 1 saturated carbocycles. The lowest BCUT2D eigenvalue weighted by atomic mass is 9.93. The molecule has 0 spiro atoms. The fourth-order valence-corrected chi connectivity index (χ4v) is 5.05. The van der Waals surface area contributed by atoms with E-state index >= 15 is 0 Å². The van der Waals surface area contributed by atoms with E-state index in [4.69, 9.17) is 0 Å². The van der Waals surface area contributed by atoms with Crippen LogP contribution in [0.3, 0.4) is 0 Å². The number of aliphatic hydroxyl groups is 1. The second kappa shape index (κ2) is 5.84. The molecule has 0 aromatic heterocycles. The van der Waals surface area contributed by atoms with Crippen molar-refractivity contribution in [1.29, 1.82) is 0 Å². The van der Waals surface area contributed by atoms with E-state index in [1.807, 2.05) is 32.9 Å². The van der Waals surface area contributed by atoms with Crippen LogP contribution in [0.2, 0.25) is 0 Å². The van der Waals surface area contributed by atoms with Crippen molar-refractivity contribution in [1.82, 2.24) is 4.31 Å². The van der Waals surface area contributed by atoms with E-state index in [1.165, 1.54) is 4.31 Å². The number of rotatable bonds is 5. The van der Waals surface area contributed by atoms with Crippen molar-refractivity contribution < 1.29 is 13.5 Å². The number of hydrogen-bond acceptors (Lipinski definition) is 3. The van der Waals surface area contributed by atoms with Gasteiger partial charge in [0.25, 0.3) is 0 Å². The first-order valence-corrected chi connectivity index (χ1v) is 8.52. The van der Waals surface area contributed by atoms with Crippen LogP contribution in [-0.2, 0) is 10.0 Å². The second-order valence-corrected chi connectivity index (χ2v) is 7.48. The van der Waals surface area contributed by atoms with Gasteiger partial charge in [0.05, 0.1) is 11.5 Å². The first-order chi connectivity index (χ1) is 9.37. The van der Waals surface area contributed by atoms with Gasteiger partial charge in [-0.05, 0) is 44.7 Å². The topological polar surface area (TPSA) is 57.6 Å². The summed E-state index contributed by atoms with van der Waals surface area (Å²) in [7, 11) is -3.53. The van der Waals surface area contributed by atoms with Gasteiger partial charge in [-0.15, -0.1) is 0 Å². The van der Waals surface area contributed by atoms with E-state index < -0.39 is 10.0 Å². The van der Waals surface area contributed by atoms with Gasteiger partial charge in [-0.3, -0.25) is 0 Å². The minimum Gasteiger partial charge on any atom is -0.395 e. The second-order valence-electron chi connectivity index (χ2n) is 5.65. The molecule has 0 bridgehead atoms. The summed E-state index contributed by atoms with van der Waals surface area (Å²) in [4.78, 5) is 0.406. The molecule has 0 saturated heterocycles. The van der Waals surface area contributed by atoms with Gasteiger partial charge in [0.1, 0.15) is 0 Å². The predicted octanol–water partition coefficient (Wildman–Crippen LogP) is 2.15. The molecule has 0 amide bonds. The number of nitrogens with zero attached hydrogens (tertiary/aromatic N) is 1. The van der Waals surface area contributed by atoms with Crippen LogP contribution in [-0.4, -0.2) is 37.0 Å². The summed E-state index contributed by atoms with van der Waals surface area (Å²) in [5, 5.41) is 9.19. The van der Waals surface area contributed by atoms with Crippen molar-refractivity contribution in [2.45, 2.75) is 51.0 Å². The maximum absolute atomic E-state index is 12.9. The summed E-state index contributed by atoms with van der Waals surface area (Å²) < 4.78 is 27.3. The van der Waals surface area contributed by atoms with E-state index in [0.29, 0.717) is 4.90 Å². The molecule has 0 unspecified atom stereocenters. The maximum Gasteiger partial charge on any atom is 0.243 e. The lowest BCUT2D eigenvalue weighted by Crippen LogP contribution is -2.45. The minimum atomic E-state index is -3.53. The van der Waals surface area contributed by atoms with Crippen molar-refractivity contribution in [2.24, 2.45) is 0 Å². The predicted molar refractivity (Wildman–Crippen MR) is 79.3 cm³/mol. The number of aryl methyl sites for hydroxylation is 3. The molecule has 1 aromatic rings. The standard InChI is InChI=1S/C15H23NO3S/c1-11-9-12(2)15(13(3)10-11)20(18,19)16(7-8-17)14-5-4-6-14/h9-10,14,17H,4-8H2,1-3H3. The Bertz CT molecular complexity index is 568. The lowest BCUT2D eigenvalue weighted by Gasteiger charge is -2.36. The van der Waals surface area contributed by atoms with Gasteiger partial charge >= 0.3 is 0 Å². The fourth-order valence-electron chi connectivity index (χ4n) is 2.96. The van der Waals surface area contributed by atoms with E-state index in [1.54, 1.807) is 0 Å². The third-order valence-corrected chi connectivity index (χ3v) is 6.23. The summed E-state index contributed by atoms with van der Waals surface area (Å²) in [6, 6.07) is 3.85. The number of hydrogen-bond donors (Lipinski definition) is 1. The van der Waals surface area contributed by atoms with Crippen molar-refractivity contribution in [2.75, 3.05) is 13.2 Å². The molecule has 4 nitrogen and oxygen atoms in total. The van der Waals surface area contributed by atoms with Gasteiger partial charge < -0.3 is 5.11 Å². The molecule has 0 radical (unpaired) electrons. The highest BCUT2D eigenvalue weighted by atomic mass is 32.2. The molecule has 0 atom stereocenters. The molecule has 0 aliphatic heterocycles. The number of aliphatic hydroxyl groups excluding tert-OH is 1. The zero-order chi connectivity index (χ0) is 14.9. The molecular weight excluding hydrogens is 274 g/mol. The van der Waals surface area contributed by atoms with Crippen LogP contribution in [0.15, 0.2) is 17.0 Å². The SMILES string of the molecule is Cc1cc(C)c(S(=O)(=O)N(CCO)C2CCC2)c(C)c1. The van der Waals surface area contributed by atoms with Crippen molar-refractivity contribution in [3.05, 3.63) is 28.8 Å². The highest BCUT2D eigenvalue weighted by Crippen LogP contribution is 2.32. The number of benzene rings is 1. The molecule has 0 heterocycles. The Morgan fingerprint density at radius 1 is 1.20 bits per heavy atom. The first-order valence-electron chi connectivity index (χ1n) is 7.08. The van der Waals surface area contributed by atoms with Gasteiger partial charge in [0, 0.05) is 12.6 Å². The monoisotopic (exact) mass is 297 g/mol. The van der Waals surface area contributed by atoms with Gasteiger partial charge in [0.15, 0.2) is 0 Å². The molecule has 20 heavy (non-hydrogen) atoms. The highest BCUT2D eigenvalue weighted by Gasteiger charge is 2.35. The van der Waals surface area contributed by atoms with Crippen LogP contribution in [0.25, 0.3) is 0 Å². The van der Waals surface area contributed by atoms with Crippen LogP contribution in [0.5, 0.6) is 0 Å². The molecule has 1 fully saturated rings. The molecule has 2 rings (SSSR count). The average Bonchev–Trinajstić information content (AvgIpc) is 2.23. The average molecular weight is 297 g/mol. The third kappa shape index (κ3) is 2.75. The summed E-state index contributed by atoms with van der Waals surface area (Å²) >= 11 is 0. The summed E-state index contributed by atoms with van der Waals surface area (Å²) in [6.07, 6.45) is 2.85. The molecular formula is C15H23NO3S. The van der Waals surface area contributed by atoms with Gasteiger partial charge in [0.2, 0.25) is 10.0 Å². The van der Waals surface area contributed by atoms with Crippen LogP contribution in [0.4, 0.5) is 0 Å². The largest absolute Gasteiger partial charge is 0.395 e. The quantitative estimate of drug-likeness (QED) is 0.906.